The maximum absolute atomic E-state index is 5.87. The van der Waals surface area contributed by atoms with E-state index in [-0.39, 0.29) is 0 Å². The summed E-state index contributed by atoms with van der Waals surface area (Å²) in [5, 5.41) is 3.15. The third kappa shape index (κ3) is 3.32. The van der Waals surface area contributed by atoms with Crippen molar-refractivity contribution in [3.8, 4) is 0 Å². The smallest absolute Gasteiger partial charge is 0.0720 e. The highest BCUT2D eigenvalue weighted by atomic mass is 16.5. The number of hydrogen-bond acceptors (Lipinski definition) is 2. The SMILES string of the molecule is CNCc1ccc(COC2CCCC2)cc1. The molecule has 1 aliphatic carbocycles. The van der Waals surface area contributed by atoms with Crippen LogP contribution < -0.4 is 5.32 Å². The van der Waals surface area contributed by atoms with Crippen LogP contribution in [0.25, 0.3) is 0 Å². The third-order valence-electron chi connectivity index (χ3n) is 3.19. The van der Waals surface area contributed by atoms with E-state index in [2.05, 4.69) is 29.6 Å². The summed E-state index contributed by atoms with van der Waals surface area (Å²) in [6, 6.07) is 8.68. The molecule has 0 amide bonds. The summed E-state index contributed by atoms with van der Waals surface area (Å²) < 4.78 is 5.87. The molecule has 1 aromatic rings. The van der Waals surface area contributed by atoms with Crippen LogP contribution in [-0.2, 0) is 17.9 Å². The van der Waals surface area contributed by atoms with Crippen molar-refractivity contribution in [2.75, 3.05) is 7.05 Å². The molecule has 2 nitrogen and oxygen atoms in total. The van der Waals surface area contributed by atoms with Crippen LogP contribution in [0.4, 0.5) is 0 Å². The maximum Gasteiger partial charge on any atom is 0.0720 e. The molecule has 0 aliphatic heterocycles. The van der Waals surface area contributed by atoms with Crippen LogP contribution in [0.5, 0.6) is 0 Å². The van der Waals surface area contributed by atoms with Gasteiger partial charge in [-0.15, -0.1) is 0 Å². The van der Waals surface area contributed by atoms with Gasteiger partial charge in [-0.1, -0.05) is 37.1 Å². The summed E-state index contributed by atoms with van der Waals surface area (Å²) in [6.07, 6.45) is 5.68. The van der Waals surface area contributed by atoms with Gasteiger partial charge in [0.15, 0.2) is 0 Å². The van der Waals surface area contributed by atoms with Gasteiger partial charge in [0, 0.05) is 6.54 Å². The van der Waals surface area contributed by atoms with Crippen molar-refractivity contribution in [2.24, 2.45) is 0 Å². The largest absolute Gasteiger partial charge is 0.374 e. The molecule has 0 atom stereocenters. The fraction of sp³-hybridized carbons (Fsp3) is 0.571. The van der Waals surface area contributed by atoms with Crippen molar-refractivity contribution in [1.82, 2.24) is 5.32 Å². The quantitative estimate of drug-likeness (QED) is 0.822. The second kappa shape index (κ2) is 6.02. The second-order valence-electron chi connectivity index (χ2n) is 4.56. The number of ether oxygens (including phenoxy) is 1. The molecule has 0 unspecified atom stereocenters. The Bertz CT molecular complexity index is 301. The van der Waals surface area contributed by atoms with Gasteiger partial charge in [0.1, 0.15) is 0 Å². The van der Waals surface area contributed by atoms with Crippen molar-refractivity contribution in [1.29, 1.82) is 0 Å². The van der Waals surface area contributed by atoms with Gasteiger partial charge in [-0.2, -0.15) is 0 Å². The van der Waals surface area contributed by atoms with E-state index in [1.54, 1.807) is 0 Å². The van der Waals surface area contributed by atoms with Crippen molar-refractivity contribution >= 4 is 0 Å². The van der Waals surface area contributed by atoms with Gasteiger partial charge in [0.2, 0.25) is 0 Å². The highest BCUT2D eigenvalue weighted by molar-refractivity contribution is 5.21. The zero-order valence-corrected chi connectivity index (χ0v) is 10.0. The Morgan fingerprint density at radius 1 is 1.12 bits per heavy atom. The first kappa shape index (κ1) is 11.6. The van der Waals surface area contributed by atoms with Crippen LogP contribution in [0.1, 0.15) is 36.8 Å². The summed E-state index contributed by atoms with van der Waals surface area (Å²) in [5.74, 6) is 0. The highest BCUT2D eigenvalue weighted by Crippen LogP contribution is 2.22. The van der Waals surface area contributed by atoms with E-state index >= 15 is 0 Å². The van der Waals surface area contributed by atoms with Crippen molar-refractivity contribution in [2.45, 2.75) is 44.9 Å². The fourth-order valence-corrected chi connectivity index (χ4v) is 2.23. The minimum atomic E-state index is 0.511. The average Bonchev–Trinajstić information content (AvgIpc) is 2.82. The van der Waals surface area contributed by atoms with E-state index in [1.807, 2.05) is 7.05 Å². The molecule has 2 heteroatoms. The van der Waals surface area contributed by atoms with Gasteiger partial charge < -0.3 is 10.1 Å². The minimum absolute atomic E-state index is 0.511. The zero-order chi connectivity index (χ0) is 11.2. The summed E-state index contributed by atoms with van der Waals surface area (Å²) >= 11 is 0. The van der Waals surface area contributed by atoms with E-state index in [1.165, 1.54) is 36.8 Å². The Kier molecular flexibility index (Phi) is 4.37. The van der Waals surface area contributed by atoms with Gasteiger partial charge in [0.25, 0.3) is 0 Å². The molecule has 1 N–H and O–H groups in total. The van der Waals surface area contributed by atoms with Crippen LogP contribution in [0.3, 0.4) is 0 Å². The lowest BCUT2D eigenvalue weighted by molar-refractivity contribution is 0.0457. The topological polar surface area (TPSA) is 21.3 Å². The summed E-state index contributed by atoms with van der Waals surface area (Å²) in [7, 11) is 1.97. The lowest BCUT2D eigenvalue weighted by Crippen LogP contribution is -2.07. The molecule has 0 radical (unpaired) electrons. The molecule has 0 aromatic heterocycles. The molecular formula is C14H21NO. The first-order valence-corrected chi connectivity index (χ1v) is 6.22. The molecule has 1 fully saturated rings. The van der Waals surface area contributed by atoms with Crippen LogP contribution in [0.15, 0.2) is 24.3 Å². The Morgan fingerprint density at radius 3 is 2.38 bits per heavy atom. The highest BCUT2D eigenvalue weighted by Gasteiger charge is 2.14. The summed E-state index contributed by atoms with van der Waals surface area (Å²) in [6.45, 7) is 1.70. The predicted molar refractivity (Wildman–Crippen MR) is 66.3 cm³/mol. The Hall–Kier alpha value is -0.860. The molecule has 0 spiro atoms. The molecule has 1 aliphatic rings. The first-order chi connectivity index (χ1) is 7.88. The molecule has 2 rings (SSSR count). The van der Waals surface area contributed by atoms with E-state index < -0.39 is 0 Å². The van der Waals surface area contributed by atoms with Crippen molar-refractivity contribution < 1.29 is 4.74 Å². The van der Waals surface area contributed by atoms with Crippen LogP contribution in [-0.4, -0.2) is 13.2 Å². The van der Waals surface area contributed by atoms with E-state index in [9.17, 15) is 0 Å². The van der Waals surface area contributed by atoms with Crippen LogP contribution >= 0.6 is 0 Å². The predicted octanol–water partition coefficient (Wildman–Crippen LogP) is 2.87. The average molecular weight is 219 g/mol. The van der Waals surface area contributed by atoms with E-state index in [4.69, 9.17) is 4.74 Å². The number of nitrogens with one attached hydrogen (secondary N) is 1. The lowest BCUT2D eigenvalue weighted by Gasteiger charge is -2.11. The maximum atomic E-state index is 5.87. The minimum Gasteiger partial charge on any atom is -0.374 e. The van der Waals surface area contributed by atoms with Gasteiger partial charge in [0.05, 0.1) is 12.7 Å². The van der Waals surface area contributed by atoms with Gasteiger partial charge in [-0.25, -0.2) is 0 Å². The number of hydrogen-bond donors (Lipinski definition) is 1. The van der Waals surface area contributed by atoms with E-state index in [0.717, 1.165) is 13.2 Å². The van der Waals surface area contributed by atoms with E-state index in [0.29, 0.717) is 6.10 Å². The Balaban J connectivity index is 1.80. The molecule has 16 heavy (non-hydrogen) atoms. The van der Waals surface area contributed by atoms with Crippen LogP contribution in [0, 0.1) is 0 Å². The molecule has 88 valence electrons. The monoisotopic (exact) mass is 219 g/mol. The van der Waals surface area contributed by atoms with Gasteiger partial charge >= 0.3 is 0 Å². The second-order valence-corrected chi connectivity index (χ2v) is 4.56. The molecule has 1 aromatic carbocycles. The molecular weight excluding hydrogens is 198 g/mol. The number of rotatable bonds is 5. The molecule has 0 bridgehead atoms. The number of benzene rings is 1. The normalized spacial score (nSPS) is 16.8. The zero-order valence-electron chi connectivity index (χ0n) is 10.0. The fourth-order valence-electron chi connectivity index (χ4n) is 2.23. The van der Waals surface area contributed by atoms with Gasteiger partial charge in [-0.05, 0) is 31.0 Å². The Labute approximate surface area is 98.0 Å². The van der Waals surface area contributed by atoms with Crippen molar-refractivity contribution in [3.63, 3.8) is 0 Å². The third-order valence-corrected chi connectivity index (χ3v) is 3.19. The summed E-state index contributed by atoms with van der Waals surface area (Å²) in [5.41, 5.74) is 2.61. The van der Waals surface area contributed by atoms with Crippen molar-refractivity contribution in [3.05, 3.63) is 35.4 Å². The molecule has 1 saturated carbocycles. The van der Waals surface area contributed by atoms with Crippen LogP contribution in [0.2, 0.25) is 0 Å². The first-order valence-electron chi connectivity index (χ1n) is 6.22. The molecule has 0 heterocycles. The molecule has 0 saturated heterocycles. The standard InChI is InChI=1S/C14H21NO/c1-15-10-12-6-8-13(9-7-12)11-16-14-4-2-3-5-14/h6-9,14-15H,2-5,10-11H2,1H3. The summed E-state index contributed by atoms with van der Waals surface area (Å²) in [4.78, 5) is 0. The van der Waals surface area contributed by atoms with Gasteiger partial charge in [-0.3, -0.25) is 0 Å². The Morgan fingerprint density at radius 2 is 1.75 bits per heavy atom. The lowest BCUT2D eigenvalue weighted by atomic mass is 10.1.